The SMILES string of the molecule is C.COCC(O)/C=C/C=O.COC[C@@H](O)[C@@H](CC=NN[C@H](C=O)CCCCN)OC.COC[C@H]1OC(O)C[C@H]1OC.COC[C@H]1OC(O)C[C@H]1OC.COP.P.P.P. The molecule has 0 aromatic rings. The van der Waals surface area contributed by atoms with Crippen LogP contribution in [0.15, 0.2) is 17.3 Å². The smallest absolute Gasteiger partial charge is 0.157 e. The van der Waals surface area contributed by atoms with E-state index in [4.69, 9.17) is 58.9 Å². The average molecular weight is 926 g/mol. The number of allylic oxidation sites excluding steroid dienone is 1. The fourth-order valence-corrected chi connectivity index (χ4v) is 4.57. The third-order valence-electron chi connectivity index (χ3n) is 7.25. The molecule has 14 atom stereocenters. The highest BCUT2D eigenvalue weighted by Gasteiger charge is 2.34. The molecule has 2 aliphatic rings. The lowest BCUT2D eigenvalue weighted by atomic mass is 10.1. The van der Waals surface area contributed by atoms with Crippen molar-refractivity contribution in [1.29, 1.82) is 0 Å². The maximum Gasteiger partial charge on any atom is 0.157 e. The number of aliphatic hydroxyl groups is 4. The van der Waals surface area contributed by atoms with E-state index in [1.54, 1.807) is 41.8 Å². The summed E-state index contributed by atoms with van der Waals surface area (Å²) in [6.45, 7) is 1.99. The monoisotopic (exact) mass is 925 g/mol. The zero-order valence-corrected chi connectivity index (χ0v) is 40.7. The zero-order chi connectivity index (χ0) is 41.6. The average Bonchev–Trinajstić information content (AvgIpc) is 3.71. The summed E-state index contributed by atoms with van der Waals surface area (Å²) in [4.78, 5) is 20.5. The van der Waals surface area contributed by atoms with Gasteiger partial charge >= 0.3 is 0 Å². The van der Waals surface area contributed by atoms with E-state index >= 15 is 0 Å². The number of aliphatic hydroxyl groups excluding tert-OH is 4. The molecule has 2 saturated heterocycles. The molecule has 7 unspecified atom stereocenters. The fraction of sp³-hybridized carbons (Fsp3) is 0.857. The number of unbranched alkanes of at least 4 members (excludes halogenated alkanes) is 1. The normalized spacial score (nSPS) is 22.4. The fourth-order valence-electron chi connectivity index (χ4n) is 4.57. The first-order chi connectivity index (χ1) is 26.0. The van der Waals surface area contributed by atoms with Crippen LogP contribution in [-0.2, 0) is 56.7 Å². The molecule has 2 heterocycles. The van der Waals surface area contributed by atoms with E-state index in [2.05, 4.69) is 29.3 Å². The molecule has 0 saturated carbocycles. The van der Waals surface area contributed by atoms with Gasteiger partial charge in [0.25, 0.3) is 0 Å². The van der Waals surface area contributed by atoms with Crippen molar-refractivity contribution in [3.8, 4) is 0 Å². The van der Waals surface area contributed by atoms with Gasteiger partial charge in [0, 0.05) is 82.4 Å². The van der Waals surface area contributed by atoms with Crippen LogP contribution in [0.2, 0.25) is 0 Å². The maximum atomic E-state index is 10.8. The highest BCUT2D eigenvalue weighted by atomic mass is 31.0. The van der Waals surface area contributed by atoms with Gasteiger partial charge in [-0.3, -0.25) is 4.79 Å². The number of ether oxygens (including phenoxy) is 9. The van der Waals surface area contributed by atoms with Crippen molar-refractivity contribution in [2.24, 2.45) is 10.8 Å². The van der Waals surface area contributed by atoms with Crippen LogP contribution in [0.5, 0.6) is 0 Å². The summed E-state index contributed by atoms with van der Waals surface area (Å²) in [6.07, 6.45) is 6.16. The lowest BCUT2D eigenvalue weighted by Gasteiger charge is -2.19. The van der Waals surface area contributed by atoms with Crippen molar-refractivity contribution in [1.82, 2.24) is 5.43 Å². The minimum Gasteiger partial charge on any atom is -0.388 e. The largest absolute Gasteiger partial charge is 0.388 e. The van der Waals surface area contributed by atoms with E-state index < -0.39 is 24.8 Å². The Morgan fingerprint density at radius 2 is 1.31 bits per heavy atom. The standard InChI is InChI=1S/C13H27N3O4.2C7H14O4.C6H10O3.CH5OP.CH4.3H3P/c1-19-10-12(18)13(20-2)6-8-15-16-11(9-17)5-3-4-7-14;2*1-9-4-6-5(10-2)3-7(8)11-6;1-9-5-6(8)3-2-4-7;1-2-3;;;;/h8-9,11-13,16,18H,3-7,10,14H2,1-2H3;2*5-8H,3-4H2,1-2H3;2-4,6,8H,5H2,1H3;3H2,1H3;1H4;3*1H3/b;;;3-2+;;;;;/t11-,12+,13+;2*5-,6-,7?;;;;;;/m011....../s1. The van der Waals surface area contributed by atoms with Crippen LogP contribution in [0.25, 0.3) is 0 Å². The van der Waals surface area contributed by atoms with Crippen LogP contribution in [0, 0.1) is 0 Å². The van der Waals surface area contributed by atoms with Crippen molar-refractivity contribution in [2.45, 2.75) is 107 Å². The molecule has 23 heteroatoms. The molecule has 2 rings (SSSR count). The van der Waals surface area contributed by atoms with Crippen LogP contribution in [0.1, 0.15) is 46.0 Å². The van der Waals surface area contributed by atoms with Crippen molar-refractivity contribution < 1.29 is 77.2 Å². The summed E-state index contributed by atoms with van der Waals surface area (Å²) in [6, 6.07) is -0.303. The third kappa shape index (κ3) is 41.0. The van der Waals surface area contributed by atoms with Crippen molar-refractivity contribution in [3.63, 3.8) is 0 Å². The number of methoxy groups -OCH3 is 7. The molecule has 19 nitrogen and oxygen atoms in total. The summed E-state index contributed by atoms with van der Waals surface area (Å²) in [5, 5.41) is 40.6. The molecular weight excluding hydrogens is 842 g/mol. The maximum absolute atomic E-state index is 10.8. The number of carbonyl (C=O) groups excluding carboxylic acids is 2. The summed E-state index contributed by atoms with van der Waals surface area (Å²) >= 11 is 0. The summed E-state index contributed by atoms with van der Waals surface area (Å²) < 4.78 is 48.9. The molecule has 0 bridgehead atoms. The molecule has 354 valence electrons. The number of nitrogens with one attached hydrogen (secondary N) is 1. The van der Waals surface area contributed by atoms with E-state index in [0.717, 1.165) is 19.1 Å². The summed E-state index contributed by atoms with van der Waals surface area (Å²) in [7, 11) is 14.6. The third-order valence-corrected chi connectivity index (χ3v) is 7.25. The van der Waals surface area contributed by atoms with Gasteiger partial charge < -0.3 is 83.5 Å². The van der Waals surface area contributed by atoms with Gasteiger partial charge in [-0.15, -0.1) is 0 Å². The van der Waals surface area contributed by atoms with Crippen LogP contribution in [-0.4, -0.2) is 190 Å². The van der Waals surface area contributed by atoms with E-state index in [-0.39, 0.29) is 86.9 Å². The van der Waals surface area contributed by atoms with Gasteiger partial charge in [0.1, 0.15) is 30.9 Å². The van der Waals surface area contributed by atoms with E-state index in [0.29, 0.717) is 51.7 Å². The molecule has 0 aliphatic carbocycles. The lowest BCUT2D eigenvalue weighted by Crippen LogP contribution is -2.32. The Labute approximate surface area is 360 Å². The second-order valence-corrected chi connectivity index (χ2v) is 11.9. The van der Waals surface area contributed by atoms with Gasteiger partial charge in [0.15, 0.2) is 12.6 Å². The molecule has 58 heavy (non-hydrogen) atoms. The number of nitrogens with two attached hydrogens (primary N) is 1. The van der Waals surface area contributed by atoms with Crippen LogP contribution in [0.4, 0.5) is 0 Å². The van der Waals surface area contributed by atoms with Gasteiger partial charge in [-0.05, 0) is 41.3 Å². The Morgan fingerprint density at radius 3 is 1.67 bits per heavy atom. The molecule has 2 fully saturated rings. The Hall–Kier alpha value is -0.330. The number of rotatable bonds is 23. The van der Waals surface area contributed by atoms with E-state index in [1.807, 2.05) is 0 Å². The minimum atomic E-state index is -0.706. The Balaban J connectivity index is -0.000000119. The second-order valence-electron chi connectivity index (χ2n) is 11.5. The minimum absolute atomic E-state index is 0. The zero-order valence-electron chi connectivity index (χ0n) is 35.3. The summed E-state index contributed by atoms with van der Waals surface area (Å²) in [5.41, 5.74) is 8.16. The van der Waals surface area contributed by atoms with Gasteiger partial charge in [0.05, 0.1) is 56.9 Å². The lowest BCUT2D eigenvalue weighted by molar-refractivity contribution is -0.113. The van der Waals surface area contributed by atoms with Gasteiger partial charge in [-0.2, -0.15) is 34.8 Å². The van der Waals surface area contributed by atoms with Crippen LogP contribution in [0.3, 0.4) is 0 Å². The number of hydrogen-bond acceptors (Lipinski definition) is 19. The molecule has 7 N–H and O–H groups in total. The van der Waals surface area contributed by atoms with Crippen LogP contribution >= 0.6 is 39.2 Å². The Morgan fingerprint density at radius 1 is 0.828 bits per heavy atom. The second kappa shape index (κ2) is 52.8. The highest BCUT2D eigenvalue weighted by Crippen LogP contribution is 2.21. The van der Waals surface area contributed by atoms with E-state index in [9.17, 15) is 14.7 Å². The van der Waals surface area contributed by atoms with Crippen molar-refractivity contribution in [2.75, 3.05) is 89.9 Å². The Kier molecular flexibility index (Phi) is 65.7. The number of nitrogens with zero attached hydrogens (tertiary/aromatic N) is 1. The van der Waals surface area contributed by atoms with Gasteiger partial charge in [-0.1, -0.05) is 13.5 Å². The first-order valence-corrected chi connectivity index (χ1v) is 17.8. The molecule has 0 spiro atoms. The summed E-state index contributed by atoms with van der Waals surface area (Å²) in [5.74, 6) is 0. The molecule has 0 radical (unpaired) electrons. The number of hydrazone groups is 1. The highest BCUT2D eigenvalue weighted by molar-refractivity contribution is 7.09. The Bertz CT molecular complexity index is 871. The number of hydrogen-bond donors (Lipinski definition) is 6. The number of aldehydes is 2. The molecular formula is C35H83N3O16P4. The molecule has 0 amide bonds. The first kappa shape index (κ1) is 72.1. The van der Waals surface area contributed by atoms with Gasteiger partial charge in [0.2, 0.25) is 0 Å². The quantitative estimate of drug-likeness (QED) is 0.0199. The van der Waals surface area contributed by atoms with Crippen molar-refractivity contribution >= 4 is 58.0 Å². The van der Waals surface area contributed by atoms with Gasteiger partial charge in [-0.25, -0.2) is 0 Å². The first-order valence-electron chi connectivity index (χ1n) is 17.3. The molecule has 0 aromatic heterocycles. The topological polar surface area (TPSA) is 258 Å². The number of carbonyl (C=O) groups is 2. The molecule has 0 aromatic carbocycles. The van der Waals surface area contributed by atoms with Crippen LogP contribution < -0.4 is 11.2 Å². The van der Waals surface area contributed by atoms with E-state index in [1.165, 1.54) is 33.5 Å². The van der Waals surface area contributed by atoms with Crippen molar-refractivity contribution in [3.05, 3.63) is 12.2 Å². The predicted octanol–water partition coefficient (Wildman–Crippen LogP) is 0.163. The molecule has 2 aliphatic heterocycles. The predicted molar refractivity (Wildman–Crippen MR) is 244 cm³/mol.